The molecule has 3 nitrogen and oxygen atoms in total. The molecule has 1 aromatic rings. The Morgan fingerprint density at radius 1 is 1.62 bits per heavy atom. The third-order valence-electron chi connectivity index (χ3n) is 2.37. The molecular weight excluding hydrogens is 231 g/mol. The number of halogens is 2. The summed E-state index contributed by atoms with van der Waals surface area (Å²) in [5, 5.41) is 2.60. The van der Waals surface area contributed by atoms with E-state index in [1.807, 2.05) is 0 Å². The molecule has 0 aliphatic heterocycles. The van der Waals surface area contributed by atoms with Crippen LogP contribution in [-0.4, -0.2) is 19.5 Å². The Morgan fingerprint density at radius 2 is 2.31 bits per heavy atom. The molecule has 3 N–H and O–H groups in total. The van der Waals surface area contributed by atoms with Gasteiger partial charge in [0.25, 0.3) is 0 Å². The van der Waals surface area contributed by atoms with Gasteiger partial charge in [-0.25, -0.2) is 4.39 Å². The quantitative estimate of drug-likeness (QED) is 0.840. The third-order valence-corrected chi connectivity index (χ3v) is 2.66. The largest absolute Gasteiger partial charge is 0.359 e. The minimum atomic E-state index is -0.463. The van der Waals surface area contributed by atoms with Gasteiger partial charge in [0.2, 0.25) is 5.91 Å². The SMILES string of the molecule is CNC(=O)[C@@H](CN)Cc1ccc(F)c(Cl)c1. The molecule has 0 spiro atoms. The first-order chi connectivity index (χ1) is 7.58. The van der Waals surface area contributed by atoms with Gasteiger partial charge in [-0.1, -0.05) is 17.7 Å². The number of amides is 1. The number of carbonyl (C=O) groups excluding carboxylic acids is 1. The maximum absolute atomic E-state index is 12.9. The lowest BCUT2D eigenvalue weighted by Crippen LogP contribution is -2.34. The van der Waals surface area contributed by atoms with Crippen molar-refractivity contribution in [3.63, 3.8) is 0 Å². The summed E-state index contributed by atoms with van der Waals surface area (Å²) in [4.78, 5) is 11.4. The lowest BCUT2D eigenvalue weighted by atomic mass is 9.98. The number of nitrogens with two attached hydrogens (primary N) is 1. The molecule has 1 atom stereocenters. The molecular formula is C11H14ClFN2O. The van der Waals surface area contributed by atoms with Gasteiger partial charge in [0, 0.05) is 13.6 Å². The molecule has 0 unspecified atom stereocenters. The highest BCUT2D eigenvalue weighted by Gasteiger charge is 2.16. The van der Waals surface area contributed by atoms with Crippen LogP contribution in [0.5, 0.6) is 0 Å². The van der Waals surface area contributed by atoms with Crippen molar-refractivity contribution in [2.45, 2.75) is 6.42 Å². The lowest BCUT2D eigenvalue weighted by molar-refractivity contribution is -0.124. The molecule has 0 bridgehead atoms. The topological polar surface area (TPSA) is 55.1 Å². The van der Waals surface area contributed by atoms with Crippen molar-refractivity contribution in [1.82, 2.24) is 5.32 Å². The highest BCUT2D eigenvalue weighted by Crippen LogP contribution is 2.18. The van der Waals surface area contributed by atoms with Crippen LogP contribution in [-0.2, 0) is 11.2 Å². The van der Waals surface area contributed by atoms with E-state index in [4.69, 9.17) is 17.3 Å². The summed E-state index contributed by atoms with van der Waals surface area (Å²) in [7, 11) is 1.56. The second-order valence-corrected chi connectivity index (χ2v) is 3.91. The Hall–Kier alpha value is -1.13. The van der Waals surface area contributed by atoms with Gasteiger partial charge in [-0.3, -0.25) is 4.79 Å². The van der Waals surface area contributed by atoms with Crippen molar-refractivity contribution < 1.29 is 9.18 Å². The van der Waals surface area contributed by atoms with Crippen LogP contribution in [0.25, 0.3) is 0 Å². The van der Waals surface area contributed by atoms with E-state index in [1.165, 1.54) is 12.1 Å². The van der Waals surface area contributed by atoms with Gasteiger partial charge in [0.15, 0.2) is 0 Å². The van der Waals surface area contributed by atoms with Gasteiger partial charge < -0.3 is 11.1 Å². The van der Waals surface area contributed by atoms with Crippen LogP contribution in [0.15, 0.2) is 18.2 Å². The first-order valence-corrected chi connectivity index (χ1v) is 5.32. The fraction of sp³-hybridized carbons (Fsp3) is 0.364. The summed E-state index contributed by atoms with van der Waals surface area (Å²) in [5.41, 5.74) is 6.29. The van der Waals surface area contributed by atoms with Gasteiger partial charge >= 0.3 is 0 Å². The van der Waals surface area contributed by atoms with Crippen LogP contribution in [0.1, 0.15) is 5.56 Å². The lowest BCUT2D eigenvalue weighted by Gasteiger charge is -2.13. The smallest absolute Gasteiger partial charge is 0.224 e. The number of carbonyl (C=O) groups is 1. The van der Waals surface area contributed by atoms with E-state index >= 15 is 0 Å². The molecule has 5 heteroatoms. The molecule has 0 aromatic heterocycles. The predicted molar refractivity (Wildman–Crippen MR) is 61.7 cm³/mol. The van der Waals surface area contributed by atoms with E-state index < -0.39 is 5.82 Å². The average Bonchev–Trinajstić information content (AvgIpc) is 2.29. The molecule has 1 aromatic carbocycles. The van der Waals surface area contributed by atoms with Crippen LogP contribution in [0, 0.1) is 11.7 Å². The second-order valence-electron chi connectivity index (χ2n) is 3.50. The van der Waals surface area contributed by atoms with Crippen LogP contribution >= 0.6 is 11.6 Å². The van der Waals surface area contributed by atoms with Crippen molar-refractivity contribution >= 4 is 17.5 Å². The zero-order valence-corrected chi connectivity index (χ0v) is 9.72. The Morgan fingerprint density at radius 3 is 2.81 bits per heavy atom. The predicted octanol–water partition coefficient (Wildman–Crippen LogP) is 1.34. The minimum Gasteiger partial charge on any atom is -0.359 e. The summed E-state index contributed by atoms with van der Waals surface area (Å²) in [5.74, 6) is -0.899. The number of nitrogens with one attached hydrogen (secondary N) is 1. The molecule has 88 valence electrons. The van der Waals surface area contributed by atoms with Crippen LogP contribution in [0.3, 0.4) is 0 Å². The normalized spacial score (nSPS) is 12.2. The van der Waals surface area contributed by atoms with Gasteiger partial charge in [-0.05, 0) is 24.1 Å². The Labute approximate surface area is 98.8 Å². The van der Waals surface area contributed by atoms with Crippen LogP contribution < -0.4 is 11.1 Å². The summed E-state index contributed by atoms with van der Waals surface area (Å²) >= 11 is 5.65. The van der Waals surface area contributed by atoms with Crippen molar-refractivity contribution in [1.29, 1.82) is 0 Å². The molecule has 1 amide bonds. The summed E-state index contributed by atoms with van der Waals surface area (Å²) in [6, 6.07) is 4.41. The number of benzene rings is 1. The zero-order chi connectivity index (χ0) is 12.1. The Kier molecular flexibility index (Phi) is 4.71. The molecule has 16 heavy (non-hydrogen) atoms. The number of hydrogen-bond acceptors (Lipinski definition) is 2. The molecule has 0 saturated carbocycles. The van der Waals surface area contributed by atoms with Crippen molar-refractivity contribution in [3.05, 3.63) is 34.6 Å². The van der Waals surface area contributed by atoms with Crippen molar-refractivity contribution in [3.8, 4) is 0 Å². The first kappa shape index (κ1) is 12.9. The fourth-order valence-electron chi connectivity index (χ4n) is 1.44. The van der Waals surface area contributed by atoms with E-state index in [0.29, 0.717) is 6.42 Å². The molecule has 0 saturated heterocycles. The molecule has 0 aliphatic rings. The average molecular weight is 245 g/mol. The minimum absolute atomic E-state index is 0.0604. The Bertz CT molecular complexity index is 384. The number of rotatable bonds is 4. The number of hydrogen-bond donors (Lipinski definition) is 2. The van der Waals surface area contributed by atoms with Crippen molar-refractivity contribution in [2.24, 2.45) is 11.7 Å². The zero-order valence-electron chi connectivity index (χ0n) is 8.97. The second kappa shape index (κ2) is 5.82. The van der Waals surface area contributed by atoms with Crippen LogP contribution in [0.4, 0.5) is 4.39 Å². The third kappa shape index (κ3) is 3.18. The fourth-order valence-corrected chi connectivity index (χ4v) is 1.64. The van der Waals surface area contributed by atoms with Crippen molar-refractivity contribution in [2.75, 3.05) is 13.6 Å². The first-order valence-electron chi connectivity index (χ1n) is 4.94. The van der Waals surface area contributed by atoms with Crippen LogP contribution in [0.2, 0.25) is 5.02 Å². The van der Waals surface area contributed by atoms with E-state index in [1.54, 1.807) is 13.1 Å². The van der Waals surface area contributed by atoms with E-state index in [2.05, 4.69) is 5.32 Å². The van der Waals surface area contributed by atoms with E-state index in [9.17, 15) is 9.18 Å². The maximum Gasteiger partial charge on any atom is 0.224 e. The highest BCUT2D eigenvalue weighted by atomic mass is 35.5. The molecule has 0 fully saturated rings. The van der Waals surface area contributed by atoms with E-state index in [-0.39, 0.29) is 23.4 Å². The maximum atomic E-state index is 12.9. The Balaban J connectivity index is 2.78. The highest BCUT2D eigenvalue weighted by molar-refractivity contribution is 6.30. The summed E-state index contributed by atoms with van der Waals surface area (Å²) in [6.07, 6.45) is 0.455. The molecule has 1 rings (SSSR count). The molecule has 0 radical (unpaired) electrons. The molecule has 0 heterocycles. The van der Waals surface area contributed by atoms with Gasteiger partial charge in [0.05, 0.1) is 10.9 Å². The molecule has 0 aliphatic carbocycles. The van der Waals surface area contributed by atoms with Gasteiger partial charge in [-0.15, -0.1) is 0 Å². The van der Waals surface area contributed by atoms with Gasteiger partial charge in [-0.2, -0.15) is 0 Å². The summed E-state index contributed by atoms with van der Waals surface area (Å²) in [6.45, 7) is 0.245. The van der Waals surface area contributed by atoms with Gasteiger partial charge in [0.1, 0.15) is 5.82 Å². The van der Waals surface area contributed by atoms with E-state index in [0.717, 1.165) is 5.56 Å². The monoisotopic (exact) mass is 244 g/mol. The summed E-state index contributed by atoms with van der Waals surface area (Å²) < 4.78 is 12.9. The standard InChI is InChI=1S/C11H14ClFN2O/c1-15-11(16)8(6-14)4-7-2-3-10(13)9(12)5-7/h2-3,5,8H,4,6,14H2,1H3,(H,15,16)/t8-/m1/s1.